The van der Waals surface area contributed by atoms with Crippen LogP contribution in [0.1, 0.15) is 36.6 Å². The smallest absolute Gasteiger partial charge is 0.295 e. The van der Waals surface area contributed by atoms with Gasteiger partial charge in [-0.1, -0.05) is 12.1 Å². The maximum atomic E-state index is 13.2. The van der Waals surface area contributed by atoms with Gasteiger partial charge in [-0.3, -0.25) is 19.6 Å². The lowest BCUT2D eigenvalue weighted by atomic mass is 9.95. The number of ketones is 1. The van der Waals surface area contributed by atoms with Crippen molar-refractivity contribution >= 4 is 17.4 Å². The number of aliphatic hydroxyl groups excluding tert-OH is 1. The second-order valence-corrected chi connectivity index (χ2v) is 7.60. The summed E-state index contributed by atoms with van der Waals surface area (Å²) in [6, 6.07) is 11.2. The molecule has 0 radical (unpaired) electrons. The number of rotatable bonds is 8. The highest BCUT2D eigenvalue weighted by molar-refractivity contribution is 6.46. The van der Waals surface area contributed by atoms with E-state index in [9.17, 15) is 14.7 Å². The number of pyridine rings is 2. The number of carbonyl (C=O) groups is 2. The van der Waals surface area contributed by atoms with Gasteiger partial charge >= 0.3 is 0 Å². The fraction of sp³-hybridized carbons (Fsp3) is 0.231. The molecule has 2 aromatic heterocycles. The molecular weight excluding hydrogens is 434 g/mol. The van der Waals surface area contributed by atoms with Crippen LogP contribution in [0.4, 0.5) is 0 Å². The number of hydrogen-bond donors (Lipinski definition) is 1. The molecule has 0 aliphatic carbocycles. The molecule has 1 unspecified atom stereocenters. The zero-order valence-electron chi connectivity index (χ0n) is 19.0. The van der Waals surface area contributed by atoms with E-state index in [1.54, 1.807) is 48.8 Å². The minimum Gasteiger partial charge on any atom is -0.507 e. The molecule has 0 spiro atoms. The highest BCUT2D eigenvalue weighted by Gasteiger charge is 2.46. The van der Waals surface area contributed by atoms with E-state index in [1.165, 1.54) is 17.3 Å². The van der Waals surface area contributed by atoms with Crippen molar-refractivity contribution in [3.8, 4) is 11.5 Å². The number of aromatic nitrogens is 2. The number of likely N-dealkylation sites (tertiary alicyclic amines) is 1. The molecule has 174 valence electrons. The largest absolute Gasteiger partial charge is 0.507 e. The third kappa shape index (κ3) is 4.47. The van der Waals surface area contributed by atoms with Gasteiger partial charge < -0.3 is 19.5 Å². The Balaban J connectivity index is 1.87. The van der Waals surface area contributed by atoms with Gasteiger partial charge in [0.2, 0.25) is 0 Å². The lowest BCUT2D eigenvalue weighted by molar-refractivity contribution is -0.140. The summed E-state index contributed by atoms with van der Waals surface area (Å²) in [5, 5.41) is 11.1. The Morgan fingerprint density at radius 1 is 0.971 bits per heavy atom. The molecule has 34 heavy (non-hydrogen) atoms. The van der Waals surface area contributed by atoms with Crippen molar-refractivity contribution in [3.05, 3.63) is 89.5 Å². The summed E-state index contributed by atoms with van der Waals surface area (Å²) in [7, 11) is 0. The predicted molar refractivity (Wildman–Crippen MR) is 125 cm³/mol. The second-order valence-electron chi connectivity index (χ2n) is 7.60. The number of carbonyl (C=O) groups excluding carboxylic acids is 2. The highest BCUT2D eigenvalue weighted by atomic mass is 16.5. The van der Waals surface area contributed by atoms with Gasteiger partial charge in [-0.15, -0.1) is 0 Å². The van der Waals surface area contributed by atoms with Crippen molar-refractivity contribution in [3.63, 3.8) is 0 Å². The first kappa shape index (κ1) is 23.0. The molecule has 1 aliphatic heterocycles. The van der Waals surface area contributed by atoms with Gasteiger partial charge in [-0.2, -0.15) is 0 Å². The molecule has 1 saturated heterocycles. The normalized spacial score (nSPS) is 17.1. The molecule has 1 aliphatic rings. The summed E-state index contributed by atoms with van der Waals surface area (Å²) in [6.07, 6.45) is 6.31. The summed E-state index contributed by atoms with van der Waals surface area (Å²) >= 11 is 0. The van der Waals surface area contributed by atoms with E-state index in [0.717, 1.165) is 5.56 Å². The van der Waals surface area contributed by atoms with Gasteiger partial charge in [0.1, 0.15) is 5.76 Å². The van der Waals surface area contributed by atoms with Crippen molar-refractivity contribution in [2.24, 2.45) is 0 Å². The molecule has 4 rings (SSSR count). The first-order valence-corrected chi connectivity index (χ1v) is 11.0. The van der Waals surface area contributed by atoms with Gasteiger partial charge in [-0.05, 0) is 55.3 Å². The van der Waals surface area contributed by atoms with Crippen LogP contribution in [0.25, 0.3) is 5.76 Å². The molecule has 1 amide bonds. The lowest BCUT2D eigenvalue weighted by Crippen LogP contribution is -2.29. The van der Waals surface area contributed by atoms with E-state index in [0.29, 0.717) is 35.8 Å². The fourth-order valence-electron chi connectivity index (χ4n) is 3.98. The molecular formula is C26H25N3O5. The van der Waals surface area contributed by atoms with Crippen LogP contribution in [0.2, 0.25) is 0 Å². The van der Waals surface area contributed by atoms with E-state index in [4.69, 9.17) is 9.47 Å². The third-order valence-electron chi connectivity index (χ3n) is 5.45. The van der Waals surface area contributed by atoms with Gasteiger partial charge in [0, 0.05) is 36.9 Å². The Kier molecular flexibility index (Phi) is 6.87. The van der Waals surface area contributed by atoms with Crippen LogP contribution in [0, 0.1) is 0 Å². The number of amides is 1. The number of hydrogen-bond acceptors (Lipinski definition) is 7. The molecule has 3 heterocycles. The van der Waals surface area contributed by atoms with Gasteiger partial charge in [0.15, 0.2) is 11.5 Å². The summed E-state index contributed by atoms with van der Waals surface area (Å²) in [4.78, 5) is 35.9. The number of Topliss-reactive ketones (excluding diaryl/α,β-unsaturated/α-hetero) is 1. The average molecular weight is 460 g/mol. The Morgan fingerprint density at radius 3 is 2.38 bits per heavy atom. The molecule has 3 aromatic rings. The molecule has 0 bridgehead atoms. The van der Waals surface area contributed by atoms with E-state index >= 15 is 0 Å². The van der Waals surface area contributed by atoms with E-state index in [1.807, 2.05) is 19.9 Å². The monoisotopic (exact) mass is 459 g/mol. The third-order valence-corrected chi connectivity index (χ3v) is 5.45. The maximum Gasteiger partial charge on any atom is 0.295 e. The Labute approximate surface area is 197 Å². The molecule has 1 fully saturated rings. The Bertz CT molecular complexity index is 1210. The van der Waals surface area contributed by atoms with Crippen LogP contribution in [-0.4, -0.2) is 44.9 Å². The maximum absolute atomic E-state index is 13.2. The van der Waals surface area contributed by atoms with Gasteiger partial charge in [0.25, 0.3) is 11.7 Å². The van der Waals surface area contributed by atoms with Crippen LogP contribution < -0.4 is 9.47 Å². The zero-order chi connectivity index (χ0) is 24.1. The first-order chi connectivity index (χ1) is 16.5. The van der Waals surface area contributed by atoms with Crippen LogP contribution >= 0.6 is 0 Å². The Hall–Kier alpha value is -4.20. The highest BCUT2D eigenvalue weighted by Crippen LogP contribution is 2.42. The standard InChI is InChI=1S/C26H25N3O5/c1-3-33-20-8-7-19(14-21(20)34-4-2)23-22(24(30)18-9-12-27-13-10-18)25(31)26(32)29(23)16-17-6-5-11-28-15-17/h5-15,23,30H,3-4,16H2,1-2H3. The van der Waals surface area contributed by atoms with Crippen molar-refractivity contribution in [2.75, 3.05) is 13.2 Å². The van der Waals surface area contributed by atoms with Crippen molar-refractivity contribution in [1.82, 2.24) is 14.9 Å². The number of aliphatic hydroxyl groups is 1. The van der Waals surface area contributed by atoms with Crippen LogP contribution in [0.3, 0.4) is 0 Å². The fourth-order valence-corrected chi connectivity index (χ4v) is 3.98. The van der Waals surface area contributed by atoms with Crippen LogP contribution in [0.5, 0.6) is 11.5 Å². The molecule has 1 atom stereocenters. The average Bonchev–Trinajstić information content (AvgIpc) is 3.11. The zero-order valence-corrected chi connectivity index (χ0v) is 19.0. The van der Waals surface area contributed by atoms with Gasteiger partial charge in [0.05, 0.1) is 24.8 Å². The topological polar surface area (TPSA) is 102 Å². The van der Waals surface area contributed by atoms with Crippen LogP contribution in [0.15, 0.2) is 72.8 Å². The summed E-state index contributed by atoms with van der Waals surface area (Å²) in [6.45, 7) is 4.76. The van der Waals surface area contributed by atoms with Crippen molar-refractivity contribution < 1.29 is 24.2 Å². The summed E-state index contributed by atoms with van der Waals surface area (Å²) in [5.41, 5.74) is 1.78. The minimum absolute atomic E-state index is 0.00620. The quantitative estimate of drug-likeness (QED) is 0.310. The van der Waals surface area contributed by atoms with Gasteiger partial charge in [-0.25, -0.2) is 0 Å². The van der Waals surface area contributed by atoms with E-state index in [-0.39, 0.29) is 17.9 Å². The van der Waals surface area contributed by atoms with E-state index < -0.39 is 17.7 Å². The second kappa shape index (κ2) is 10.2. The van der Waals surface area contributed by atoms with Crippen LogP contribution in [-0.2, 0) is 16.1 Å². The molecule has 1 N–H and O–H groups in total. The first-order valence-electron chi connectivity index (χ1n) is 11.0. The number of nitrogens with zero attached hydrogens (tertiary/aromatic N) is 3. The SMILES string of the molecule is CCOc1ccc(C2C(=C(O)c3ccncc3)C(=O)C(=O)N2Cc2cccnc2)cc1OCC. The molecule has 8 nitrogen and oxygen atoms in total. The predicted octanol–water partition coefficient (Wildman–Crippen LogP) is 3.90. The summed E-state index contributed by atoms with van der Waals surface area (Å²) < 4.78 is 11.4. The lowest BCUT2D eigenvalue weighted by Gasteiger charge is -2.26. The Morgan fingerprint density at radius 2 is 1.71 bits per heavy atom. The number of benzene rings is 1. The summed E-state index contributed by atoms with van der Waals surface area (Å²) in [5.74, 6) is -0.651. The number of ether oxygens (including phenoxy) is 2. The molecule has 0 saturated carbocycles. The minimum atomic E-state index is -0.830. The van der Waals surface area contributed by atoms with E-state index in [2.05, 4.69) is 9.97 Å². The molecule has 1 aromatic carbocycles. The molecule has 8 heteroatoms. The van der Waals surface area contributed by atoms with Crippen molar-refractivity contribution in [1.29, 1.82) is 0 Å². The van der Waals surface area contributed by atoms with Crippen molar-refractivity contribution in [2.45, 2.75) is 26.4 Å².